The standard InChI is InChI=1S/C21H23N3O6/c1-21(2,3)22-18(27)14-11-23-10-13(20(29)30)16(25)17(26)15(23)19(28)24(14)9-12-7-5-4-6-8-12/h4-8,10,14,26H,9,11H2,1-3H3,(H,22,27)(H,29,30). The van der Waals surface area contributed by atoms with Gasteiger partial charge in [0.15, 0.2) is 11.4 Å². The fourth-order valence-corrected chi connectivity index (χ4v) is 3.37. The van der Waals surface area contributed by atoms with Crippen LogP contribution in [-0.4, -0.2) is 49.0 Å². The highest BCUT2D eigenvalue weighted by Crippen LogP contribution is 2.26. The molecule has 30 heavy (non-hydrogen) atoms. The number of carboxylic acids is 1. The first kappa shape index (κ1) is 21.1. The summed E-state index contributed by atoms with van der Waals surface area (Å²) in [7, 11) is 0. The van der Waals surface area contributed by atoms with Gasteiger partial charge >= 0.3 is 5.97 Å². The molecule has 1 aliphatic rings. The van der Waals surface area contributed by atoms with Gasteiger partial charge in [-0.15, -0.1) is 0 Å². The second kappa shape index (κ2) is 7.66. The van der Waals surface area contributed by atoms with Crippen LogP contribution in [0.15, 0.2) is 41.3 Å². The van der Waals surface area contributed by atoms with Gasteiger partial charge < -0.3 is 25.0 Å². The molecule has 3 rings (SSSR count). The van der Waals surface area contributed by atoms with Crippen LogP contribution in [0, 0.1) is 0 Å². The van der Waals surface area contributed by atoms with Gasteiger partial charge in [-0.05, 0) is 26.3 Å². The summed E-state index contributed by atoms with van der Waals surface area (Å²) in [6.07, 6.45) is 0.995. The lowest BCUT2D eigenvalue weighted by Crippen LogP contribution is -2.58. The Labute approximate surface area is 172 Å². The molecule has 158 valence electrons. The smallest absolute Gasteiger partial charge is 0.341 e. The number of hydrogen-bond acceptors (Lipinski definition) is 5. The van der Waals surface area contributed by atoms with E-state index >= 15 is 0 Å². The molecule has 0 radical (unpaired) electrons. The summed E-state index contributed by atoms with van der Waals surface area (Å²) in [5.41, 5.74) is -1.94. The van der Waals surface area contributed by atoms with E-state index in [0.29, 0.717) is 0 Å². The lowest BCUT2D eigenvalue weighted by Gasteiger charge is -2.38. The first-order valence-electron chi connectivity index (χ1n) is 9.36. The lowest BCUT2D eigenvalue weighted by molar-refractivity contribution is -0.128. The minimum Gasteiger partial charge on any atom is -0.503 e. The van der Waals surface area contributed by atoms with Gasteiger partial charge in [-0.3, -0.25) is 14.4 Å². The summed E-state index contributed by atoms with van der Waals surface area (Å²) in [6.45, 7) is 5.38. The summed E-state index contributed by atoms with van der Waals surface area (Å²) in [6, 6.07) is 8.03. The van der Waals surface area contributed by atoms with E-state index in [-0.39, 0.29) is 18.8 Å². The number of nitrogens with zero attached hydrogens (tertiary/aromatic N) is 2. The predicted molar refractivity (Wildman–Crippen MR) is 107 cm³/mol. The van der Waals surface area contributed by atoms with Gasteiger partial charge in [0.1, 0.15) is 11.6 Å². The van der Waals surface area contributed by atoms with Crippen molar-refractivity contribution in [3.8, 4) is 5.75 Å². The number of carboxylic acid groups (broad SMARTS) is 1. The average molecular weight is 413 g/mol. The second-order valence-corrected chi connectivity index (χ2v) is 8.20. The van der Waals surface area contributed by atoms with Crippen LogP contribution in [0.2, 0.25) is 0 Å². The molecular formula is C21H23N3O6. The number of aromatic nitrogens is 1. The van der Waals surface area contributed by atoms with Crippen molar-refractivity contribution >= 4 is 17.8 Å². The Balaban J connectivity index is 2.11. The van der Waals surface area contributed by atoms with Crippen LogP contribution in [0.1, 0.15) is 47.2 Å². The molecule has 2 heterocycles. The first-order chi connectivity index (χ1) is 14.0. The number of aromatic carboxylic acids is 1. The lowest BCUT2D eigenvalue weighted by atomic mass is 10.0. The highest BCUT2D eigenvalue weighted by atomic mass is 16.4. The van der Waals surface area contributed by atoms with Crippen LogP contribution in [0.3, 0.4) is 0 Å². The number of nitrogens with one attached hydrogen (secondary N) is 1. The normalized spacial score (nSPS) is 16.2. The number of rotatable bonds is 4. The largest absolute Gasteiger partial charge is 0.503 e. The molecule has 1 unspecified atom stereocenters. The molecule has 1 aliphatic heterocycles. The number of carbonyl (C=O) groups is 3. The zero-order valence-electron chi connectivity index (χ0n) is 16.9. The van der Waals surface area contributed by atoms with Crippen molar-refractivity contribution < 1.29 is 24.6 Å². The van der Waals surface area contributed by atoms with E-state index in [4.69, 9.17) is 0 Å². The Morgan fingerprint density at radius 3 is 2.37 bits per heavy atom. The molecule has 3 N–H and O–H groups in total. The van der Waals surface area contributed by atoms with Crippen molar-refractivity contribution in [2.45, 2.75) is 45.4 Å². The Morgan fingerprint density at radius 2 is 1.80 bits per heavy atom. The number of amides is 2. The van der Waals surface area contributed by atoms with E-state index in [1.807, 2.05) is 6.07 Å². The van der Waals surface area contributed by atoms with Gasteiger partial charge in [0, 0.05) is 18.3 Å². The van der Waals surface area contributed by atoms with Crippen LogP contribution in [-0.2, 0) is 17.9 Å². The number of fused-ring (bicyclic) bond motifs is 1. The van der Waals surface area contributed by atoms with Crippen molar-refractivity contribution in [2.75, 3.05) is 0 Å². The van der Waals surface area contributed by atoms with Gasteiger partial charge in [-0.1, -0.05) is 30.3 Å². The van der Waals surface area contributed by atoms with E-state index in [0.717, 1.165) is 16.3 Å². The van der Waals surface area contributed by atoms with Gasteiger partial charge in [-0.25, -0.2) is 4.79 Å². The van der Waals surface area contributed by atoms with Crippen molar-refractivity contribution in [3.05, 3.63) is 63.6 Å². The van der Waals surface area contributed by atoms with Gasteiger partial charge in [-0.2, -0.15) is 0 Å². The van der Waals surface area contributed by atoms with E-state index < -0.39 is 46.1 Å². The Bertz CT molecular complexity index is 1070. The Morgan fingerprint density at radius 1 is 1.17 bits per heavy atom. The number of hydrogen-bond donors (Lipinski definition) is 3. The van der Waals surface area contributed by atoms with Gasteiger partial charge in [0.2, 0.25) is 11.3 Å². The van der Waals surface area contributed by atoms with Gasteiger partial charge in [0.25, 0.3) is 5.91 Å². The van der Waals surface area contributed by atoms with Crippen molar-refractivity contribution in [3.63, 3.8) is 0 Å². The van der Waals surface area contributed by atoms with Crippen molar-refractivity contribution in [1.82, 2.24) is 14.8 Å². The molecule has 9 nitrogen and oxygen atoms in total. The van der Waals surface area contributed by atoms with Crippen molar-refractivity contribution in [1.29, 1.82) is 0 Å². The Kier molecular flexibility index (Phi) is 5.39. The molecular weight excluding hydrogens is 390 g/mol. The maximum absolute atomic E-state index is 13.2. The summed E-state index contributed by atoms with van der Waals surface area (Å²) < 4.78 is 1.16. The maximum Gasteiger partial charge on any atom is 0.341 e. The molecule has 1 atom stereocenters. The molecule has 0 saturated heterocycles. The third-order valence-corrected chi connectivity index (χ3v) is 4.69. The Hall–Kier alpha value is -3.62. The van der Waals surface area contributed by atoms with E-state index in [9.17, 15) is 29.4 Å². The zero-order chi connectivity index (χ0) is 22.2. The molecule has 0 aliphatic carbocycles. The zero-order valence-corrected chi connectivity index (χ0v) is 16.9. The quantitative estimate of drug-likeness (QED) is 0.691. The molecule has 0 spiro atoms. The molecule has 2 aromatic rings. The third kappa shape index (κ3) is 4.05. The summed E-state index contributed by atoms with van der Waals surface area (Å²) >= 11 is 0. The molecule has 0 fully saturated rings. The molecule has 0 saturated carbocycles. The molecule has 1 aromatic heterocycles. The molecule has 1 aromatic carbocycles. The van der Waals surface area contributed by atoms with Crippen LogP contribution in [0.5, 0.6) is 5.75 Å². The molecule has 2 amide bonds. The third-order valence-electron chi connectivity index (χ3n) is 4.69. The average Bonchev–Trinajstić information content (AvgIpc) is 2.65. The van der Waals surface area contributed by atoms with Crippen LogP contribution < -0.4 is 10.7 Å². The first-order valence-corrected chi connectivity index (χ1v) is 9.36. The van der Waals surface area contributed by atoms with Crippen LogP contribution in [0.25, 0.3) is 0 Å². The second-order valence-electron chi connectivity index (χ2n) is 8.20. The van der Waals surface area contributed by atoms with Crippen LogP contribution >= 0.6 is 0 Å². The topological polar surface area (TPSA) is 129 Å². The minimum absolute atomic E-state index is 0.0796. The van der Waals surface area contributed by atoms with E-state index in [1.165, 1.54) is 4.90 Å². The fourth-order valence-electron chi connectivity index (χ4n) is 3.37. The highest BCUT2D eigenvalue weighted by molar-refractivity contribution is 6.00. The number of carbonyl (C=O) groups excluding carboxylic acids is 2. The number of pyridine rings is 1. The molecule has 9 heteroatoms. The molecule has 0 bridgehead atoms. The summed E-state index contributed by atoms with van der Waals surface area (Å²) in [5.74, 6) is -3.62. The SMILES string of the molecule is CC(C)(C)NC(=O)C1Cn2cc(C(=O)O)c(=O)c(O)c2C(=O)N1Cc1ccccc1. The van der Waals surface area contributed by atoms with Gasteiger partial charge in [0.05, 0.1) is 6.54 Å². The minimum atomic E-state index is -1.53. The summed E-state index contributed by atoms with van der Waals surface area (Å²) in [4.78, 5) is 51.1. The number of benzene rings is 1. The maximum atomic E-state index is 13.2. The fraction of sp³-hybridized carbons (Fsp3) is 0.333. The van der Waals surface area contributed by atoms with Crippen LogP contribution in [0.4, 0.5) is 0 Å². The highest BCUT2D eigenvalue weighted by Gasteiger charge is 2.40. The summed E-state index contributed by atoms with van der Waals surface area (Å²) in [5, 5.41) is 22.4. The predicted octanol–water partition coefficient (Wildman–Crippen LogP) is 1.19. The van der Waals surface area contributed by atoms with E-state index in [2.05, 4.69) is 5.32 Å². The van der Waals surface area contributed by atoms with Crippen molar-refractivity contribution in [2.24, 2.45) is 0 Å². The monoisotopic (exact) mass is 413 g/mol. The van der Waals surface area contributed by atoms with E-state index in [1.54, 1.807) is 45.0 Å². The number of aromatic hydroxyl groups is 1.